The van der Waals surface area contributed by atoms with Crippen LogP contribution in [0.5, 0.6) is 5.75 Å². The van der Waals surface area contributed by atoms with Crippen molar-refractivity contribution in [2.24, 2.45) is 0 Å². The predicted molar refractivity (Wildman–Crippen MR) is 145 cm³/mol. The van der Waals surface area contributed by atoms with Gasteiger partial charge in [0.05, 0.1) is 18.3 Å². The number of nitrogens with zero attached hydrogens (tertiary/aromatic N) is 3. The molecular formula is C31H23N3O5. The fourth-order valence-electron chi connectivity index (χ4n) is 6.37. The number of hydrogen-bond acceptors (Lipinski definition) is 5. The first kappa shape index (κ1) is 23.2. The van der Waals surface area contributed by atoms with E-state index in [4.69, 9.17) is 0 Å². The number of allylic oxidation sites excluding steroid dienone is 6. The second kappa shape index (κ2) is 8.26. The average molecular weight is 518 g/mol. The minimum Gasteiger partial charge on any atom is -0.508 e. The van der Waals surface area contributed by atoms with Gasteiger partial charge in [-0.2, -0.15) is 0 Å². The lowest BCUT2D eigenvalue weighted by Crippen LogP contribution is -2.40. The van der Waals surface area contributed by atoms with Crippen LogP contribution in [-0.4, -0.2) is 30.6 Å². The average Bonchev–Trinajstić information content (AvgIpc) is 3.21. The summed E-state index contributed by atoms with van der Waals surface area (Å²) in [5.41, 5.74) is 1.64. The van der Waals surface area contributed by atoms with Gasteiger partial charge < -0.3 is 5.11 Å². The highest BCUT2D eigenvalue weighted by atomic mass is 16.3. The van der Waals surface area contributed by atoms with Gasteiger partial charge in [0, 0.05) is 34.6 Å². The first-order valence-electron chi connectivity index (χ1n) is 12.8. The molecule has 4 aromatic rings. The molecule has 8 nitrogen and oxygen atoms in total. The molecule has 3 aliphatic rings. The molecule has 0 spiro atoms. The van der Waals surface area contributed by atoms with Crippen LogP contribution in [0.25, 0.3) is 16.5 Å². The minimum atomic E-state index is -0.763. The van der Waals surface area contributed by atoms with Gasteiger partial charge in [0.1, 0.15) is 5.75 Å². The fraction of sp³-hybridized carbons (Fsp3) is 0.161. The fourth-order valence-corrected chi connectivity index (χ4v) is 6.37. The molecule has 1 aliphatic heterocycles. The van der Waals surface area contributed by atoms with Gasteiger partial charge in [0.2, 0.25) is 0 Å². The Morgan fingerprint density at radius 3 is 2.41 bits per heavy atom. The topological polar surface area (TPSA) is 103 Å². The Morgan fingerprint density at radius 1 is 0.872 bits per heavy atom. The van der Waals surface area contributed by atoms with Crippen LogP contribution in [0.15, 0.2) is 111 Å². The molecule has 0 unspecified atom stereocenters. The van der Waals surface area contributed by atoms with Crippen LogP contribution in [0.3, 0.4) is 0 Å². The molecule has 2 aliphatic carbocycles. The summed E-state index contributed by atoms with van der Waals surface area (Å²) in [6.07, 6.45) is 3.31. The summed E-state index contributed by atoms with van der Waals surface area (Å²) in [6.45, 7) is 1.72. The van der Waals surface area contributed by atoms with E-state index in [0.29, 0.717) is 33.5 Å². The Hall–Kier alpha value is -4.98. The zero-order valence-corrected chi connectivity index (χ0v) is 21.0. The first-order chi connectivity index (χ1) is 18.9. The summed E-state index contributed by atoms with van der Waals surface area (Å²) in [4.78, 5) is 54.3. The summed E-state index contributed by atoms with van der Waals surface area (Å²) in [7, 11) is 0. The number of fused-ring (bicyclic) bond motifs is 4. The number of carbonyl (C=O) groups excluding carboxylic acids is 2. The van der Waals surface area contributed by atoms with Crippen molar-refractivity contribution in [3.05, 3.63) is 128 Å². The van der Waals surface area contributed by atoms with Gasteiger partial charge in [-0.05, 0) is 47.5 Å². The van der Waals surface area contributed by atoms with Crippen LogP contribution in [-0.2, 0) is 16.1 Å². The number of aromatic hydroxyl groups is 1. The molecule has 0 amide bonds. The number of ketones is 2. The van der Waals surface area contributed by atoms with Crippen molar-refractivity contribution in [3.63, 3.8) is 0 Å². The number of phenols is 1. The Balaban J connectivity index is 1.52. The lowest BCUT2D eigenvalue weighted by atomic mass is 9.67. The first-order valence-corrected chi connectivity index (χ1v) is 12.8. The van der Waals surface area contributed by atoms with E-state index in [9.17, 15) is 24.3 Å². The Bertz CT molecular complexity index is 1970. The molecule has 0 radical (unpaired) electrons. The second-order valence-electron chi connectivity index (χ2n) is 10.2. The van der Waals surface area contributed by atoms with E-state index in [1.54, 1.807) is 49.4 Å². The van der Waals surface area contributed by atoms with Crippen LogP contribution in [0.4, 0.5) is 0 Å². The summed E-state index contributed by atoms with van der Waals surface area (Å²) in [5, 5.41) is 12.8. The maximum absolute atomic E-state index is 13.8. The molecule has 192 valence electrons. The SMILES string of the molecule is CC1=CC(=O)C2=C(C[C@@H]3C(=CCn4c(=O)n(-c5ccccc5)c(=O)n43)[C@@H]2c2c(O)ccc3ccccc23)C1=O. The zero-order valence-electron chi connectivity index (χ0n) is 21.0. The van der Waals surface area contributed by atoms with Crippen molar-refractivity contribution in [3.8, 4) is 11.4 Å². The number of benzene rings is 3. The second-order valence-corrected chi connectivity index (χ2v) is 10.2. The van der Waals surface area contributed by atoms with Gasteiger partial charge in [0.25, 0.3) is 0 Å². The smallest absolute Gasteiger partial charge is 0.352 e. The summed E-state index contributed by atoms with van der Waals surface area (Å²) in [6, 6.07) is 19.0. The van der Waals surface area contributed by atoms with Crippen LogP contribution in [0.2, 0.25) is 0 Å². The third-order valence-electron chi connectivity index (χ3n) is 8.08. The number of aromatic nitrogens is 3. The highest BCUT2D eigenvalue weighted by molar-refractivity contribution is 6.24. The van der Waals surface area contributed by atoms with Gasteiger partial charge in [-0.1, -0.05) is 54.6 Å². The van der Waals surface area contributed by atoms with Gasteiger partial charge in [-0.3, -0.25) is 9.59 Å². The number of Topliss-reactive ketones (excluding diaryl/α,β-unsaturated/α-hetero) is 1. The van der Waals surface area contributed by atoms with Crippen LogP contribution < -0.4 is 11.4 Å². The maximum Gasteiger partial charge on any atom is 0.352 e. The minimum absolute atomic E-state index is 0.00390. The molecule has 0 saturated carbocycles. The highest BCUT2D eigenvalue weighted by Gasteiger charge is 2.45. The van der Waals surface area contributed by atoms with Crippen LogP contribution in [0.1, 0.15) is 30.9 Å². The Morgan fingerprint density at radius 2 is 1.62 bits per heavy atom. The van der Waals surface area contributed by atoms with Crippen molar-refractivity contribution in [1.82, 2.24) is 13.9 Å². The molecule has 7 rings (SSSR count). The molecule has 1 N–H and O–H groups in total. The number of para-hydroxylation sites is 1. The largest absolute Gasteiger partial charge is 0.508 e. The standard InChI is InChI=1S/C31H23N3O5/c1-17-15-25(36)27-22(29(17)37)16-23-21(28(27)26-20-10-6-5-7-18(20)11-12-24(26)35)13-14-32-30(38)33(31(39)34(23)32)19-8-3-2-4-9-19/h2-13,15,23,28,35H,14,16H2,1H3/t23-,28-/m1/s1. The quantitative estimate of drug-likeness (QED) is 0.323. The predicted octanol–water partition coefficient (Wildman–Crippen LogP) is 3.72. The van der Waals surface area contributed by atoms with E-state index in [1.165, 1.54) is 15.4 Å². The van der Waals surface area contributed by atoms with Crippen LogP contribution in [0, 0.1) is 0 Å². The molecule has 2 atom stereocenters. The van der Waals surface area contributed by atoms with Crippen molar-refractivity contribution in [2.75, 3.05) is 0 Å². The van der Waals surface area contributed by atoms with E-state index in [1.807, 2.05) is 30.3 Å². The monoisotopic (exact) mass is 517 g/mol. The van der Waals surface area contributed by atoms with E-state index in [-0.39, 0.29) is 30.3 Å². The molecule has 8 heteroatoms. The number of phenolic OH excluding ortho intramolecular Hbond substituents is 1. The number of hydrogen-bond donors (Lipinski definition) is 1. The van der Waals surface area contributed by atoms with Gasteiger partial charge in [0.15, 0.2) is 11.6 Å². The number of rotatable bonds is 2. The third-order valence-corrected chi connectivity index (χ3v) is 8.08. The summed E-state index contributed by atoms with van der Waals surface area (Å²) in [5.74, 6) is -1.31. The molecule has 2 heterocycles. The summed E-state index contributed by atoms with van der Waals surface area (Å²) >= 11 is 0. The Kier molecular flexibility index (Phi) is 4.91. The lowest BCUT2D eigenvalue weighted by Gasteiger charge is -2.40. The van der Waals surface area contributed by atoms with Gasteiger partial charge >= 0.3 is 11.4 Å². The van der Waals surface area contributed by atoms with E-state index < -0.39 is 23.3 Å². The molecule has 3 aromatic carbocycles. The summed E-state index contributed by atoms with van der Waals surface area (Å²) < 4.78 is 3.92. The zero-order chi connectivity index (χ0) is 27.0. The lowest BCUT2D eigenvalue weighted by molar-refractivity contribution is -0.116. The van der Waals surface area contributed by atoms with E-state index >= 15 is 0 Å². The van der Waals surface area contributed by atoms with Crippen molar-refractivity contribution >= 4 is 22.3 Å². The normalized spacial score (nSPS) is 20.3. The molecule has 0 bridgehead atoms. The molecule has 0 saturated heterocycles. The highest BCUT2D eigenvalue weighted by Crippen LogP contribution is 2.52. The molecule has 1 aromatic heterocycles. The maximum atomic E-state index is 13.8. The van der Waals surface area contributed by atoms with Crippen molar-refractivity contribution < 1.29 is 14.7 Å². The van der Waals surface area contributed by atoms with Crippen molar-refractivity contribution in [2.45, 2.75) is 31.8 Å². The van der Waals surface area contributed by atoms with Gasteiger partial charge in [-0.25, -0.2) is 23.5 Å². The molecule has 39 heavy (non-hydrogen) atoms. The van der Waals surface area contributed by atoms with Crippen LogP contribution >= 0.6 is 0 Å². The van der Waals surface area contributed by atoms with Crippen molar-refractivity contribution in [1.29, 1.82) is 0 Å². The molecular weight excluding hydrogens is 494 g/mol. The third kappa shape index (κ3) is 3.18. The van der Waals surface area contributed by atoms with Gasteiger partial charge in [-0.15, -0.1) is 0 Å². The molecule has 0 fully saturated rings. The number of carbonyl (C=O) groups is 2. The Labute approximate surface area is 222 Å². The van der Waals surface area contributed by atoms with E-state index in [2.05, 4.69) is 0 Å². The van der Waals surface area contributed by atoms with E-state index in [0.717, 1.165) is 15.3 Å².